The van der Waals surface area contributed by atoms with Gasteiger partial charge >= 0.3 is 0 Å². The molecule has 1 N–H and O–H groups in total. The first-order chi connectivity index (χ1) is 9.81. The summed E-state index contributed by atoms with van der Waals surface area (Å²) in [5.41, 5.74) is 4.35. The Kier molecular flexibility index (Phi) is 4.54. The molecule has 0 atom stereocenters. The van der Waals surface area contributed by atoms with Crippen LogP contribution in [0.3, 0.4) is 0 Å². The molecule has 21 heavy (non-hydrogen) atoms. The zero-order valence-electron chi connectivity index (χ0n) is 13.0. The molecule has 0 unspecified atom stereocenters. The standard InChI is InChI=1S/C16H22N2O2S/c1-12-5-8-16(11-13(12)2)21(19,20)17-9-10-18-14(3)6-7-15(18)4/h5-8,11,17H,9-10H2,1-4H3. The molecule has 1 aromatic heterocycles. The smallest absolute Gasteiger partial charge is 0.240 e. The summed E-state index contributed by atoms with van der Waals surface area (Å²) >= 11 is 0. The van der Waals surface area contributed by atoms with Gasteiger partial charge in [-0.3, -0.25) is 0 Å². The number of benzene rings is 1. The predicted octanol–water partition coefficient (Wildman–Crippen LogP) is 2.70. The van der Waals surface area contributed by atoms with Crippen LogP contribution in [-0.2, 0) is 16.6 Å². The van der Waals surface area contributed by atoms with Crippen LogP contribution in [0.1, 0.15) is 22.5 Å². The van der Waals surface area contributed by atoms with Crippen LogP contribution in [0.2, 0.25) is 0 Å². The van der Waals surface area contributed by atoms with Crippen LogP contribution in [-0.4, -0.2) is 19.5 Å². The van der Waals surface area contributed by atoms with Crippen molar-refractivity contribution in [2.75, 3.05) is 6.54 Å². The minimum atomic E-state index is -3.44. The van der Waals surface area contributed by atoms with Crippen molar-refractivity contribution in [3.05, 3.63) is 52.8 Å². The minimum Gasteiger partial charge on any atom is -0.348 e. The Morgan fingerprint density at radius 3 is 2.14 bits per heavy atom. The lowest BCUT2D eigenvalue weighted by Gasteiger charge is -2.11. The second-order valence-electron chi connectivity index (χ2n) is 5.41. The first-order valence-electron chi connectivity index (χ1n) is 7.01. The van der Waals surface area contributed by atoms with Crippen molar-refractivity contribution in [3.8, 4) is 0 Å². The summed E-state index contributed by atoms with van der Waals surface area (Å²) in [6, 6.07) is 9.27. The zero-order chi connectivity index (χ0) is 15.6. The lowest BCUT2D eigenvalue weighted by Crippen LogP contribution is -2.28. The molecule has 0 saturated carbocycles. The molecule has 4 nitrogen and oxygen atoms in total. The number of rotatable bonds is 5. The molecule has 0 spiro atoms. The van der Waals surface area contributed by atoms with Crippen LogP contribution in [0.4, 0.5) is 0 Å². The van der Waals surface area contributed by atoms with Crippen LogP contribution < -0.4 is 4.72 Å². The van der Waals surface area contributed by atoms with Gasteiger partial charge in [-0.05, 0) is 63.1 Å². The number of nitrogens with one attached hydrogen (secondary N) is 1. The summed E-state index contributed by atoms with van der Waals surface area (Å²) in [7, 11) is -3.44. The summed E-state index contributed by atoms with van der Waals surface area (Å²) in [4.78, 5) is 0.326. The van der Waals surface area contributed by atoms with Gasteiger partial charge in [0.15, 0.2) is 0 Å². The fraction of sp³-hybridized carbons (Fsp3) is 0.375. The lowest BCUT2D eigenvalue weighted by molar-refractivity contribution is 0.569. The van der Waals surface area contributed by atoms with Gasteiger partial charge in [-0.25, -0.2) is 13.1 Å². The van der Waals surface area contributed by atoms with Crippen molar-refractivity contribution >= 4 is 10.0 Å². The van der Waals surface area contributed by atoms with Gasteiger partial charge in [-0.1, -0.05) is 6.07 Å². The van der Waals surface area contributed by atoms with Crippen molar-refractivity contribution in [3.63, 3.8) is 0 Å². The lowest BCUT2D eigenvalue weighted by atomic mass is 10.1. The Hall–Kier alpha value is -1.59. The third-order valence-electron chi connectivity index (χ3n) is 3.83. The maximum Gasteiger partial charge on any atom is 0.240 e. The molecule has 0 aliphatic heterocycles. The highest BCUT2D eigenvalue weighted by Gasteiger charge is 2.14. The van der Waals surface area contributed by atoms with Gasteiger partial charge in [0.05, 0.1) is 4.90 Å². The van der Waals surface area contributed by atoms with Crippen molar-refractivity contribution in [1.82, 2.24) is 9.29 Å². The van der Waals surface area contributed by atoms with Gasteiger partial charge in [0, 0.05) is 24.5 Å². The van der Waals surface area contributed by atoms with Crippen molar-refractivity contribution < 1.29 is 8.42 Å². The van der Waals surface area contributed by atoms with Crippen LogP contribution in [0.5, 0.6) is 0 Å². The maximum absolute atomic E-state index is 12.3. The molecule has 0 fully saturated rings. The van der Waals surface area contributed by atoms with Crippen molar-refractivity contribution in [2.45, 2.75) is 39.1 Å². The van der Waals surface area contributed by atoms with Gasteiger partial charge in [-0.15, -0.1) is 0 Å². The molecule has 2 rings (SSSR count). The van der Waals surface area contributed by atoms with E-state index in [2.05, 4.69) is 9.29 Å². The van der Waals surface area contributed by atoms with Gasteiger partial charge in [0.25, 0.3) is 0 Å². The number of sulfonamides is 1. The van der Waals surface area contributed by atoms with E-state index in [4.69, 9.17) is 0 Å². The maximum atomic E-state index is 12.3. The van der Waals surface area contributed by atoms with Gasteiger partial charge in [0.2, 0.25) is 10.0 Å². The monoisotopic (exact) mass is 306 g/mol. The highest BCUT2D eigenvalue weighted by molar-refractivity contribution is 7.89. The molecule has 1 heterocycles. The average Bonchev–Trinajstić information content (AvgIpc) is 2.73. The van der Waals surface area contributed by atoms with Crippen LogP contribution in [0, 0.1) is 27.7 Å². The minimum absolute atomic E-state index is 0.326. The third-order valence-corrected chi connectivity index (χ3v) is 5.29. The molecule has 0 amide bonds. The molecule has 5 heteroatoms. The van der Waals surface area contributed by atoms with Crippen LogP contribution in [0.25, 0.3) is 0 Å². The molecule has 1 aromatic carbocycles. The number of hydrogen-bond donors (Lipinski definition) is 1. The molecular weight excluding hydrogens is 284 g/mol. The zero-order valence-corrected chi connectivity index (χ0v) is 13.8. The highest BCUT2D eigenvalue weighted by Crippen LogP contribution is 2.14. The molecule has 0 aliphatic rings. The molecule has 2 aromatic rings. The SMILES string of the molecule is Cc1ccc(S(=O)(=O)NCCn2c(C)ccc2C)cc1C. The van der Waals surface area contributed by atoms with E-state index in [0.717, 1.165) is 22.5 Å². The van der Waals surface area contributed by atoms with E-state index in [1.54, 1.807) is 12.1 Å². The van der Waals surface area contributed by atoms with E-state index in [9.17, 15) is 8.42 Å². The Morgan fingerprint density at radius 2 is 1.57 bits per heavy atom. The van der Waals surface area contributed by atoms with Gasteiger partial charge < -0.3 is 4.57 Å². The first kappa shape index (κ1) is 15.8. The molecule has 0 bridgehead atoms. The molecular formula is C16H22N2O2S. The Balaban J connectivity index is 2.06. The van der Waals surface area contributed by atoms with Crippen molar-refractivity contribution in [2.24, 2.45) is 0 Å². The number of hydrogen-bond acceptors (Lipinski definition) is 2. The summed E-state index contributed by atoms with van der Waals surface area (Å²) < 4.78 is 29.3. The summed E-state index contributed by atoms with van der Waals surface area (Å²) in [6.07, 6.45) is 0. The average molecular weight is 306 g/mol. The molecule has 0 saturated heterocycles. The number of aromatic nitrogens is 1. The Morgan fingerprint density at radius 1 is 0.952 bits per heavy atom. The van der Waals surface area contributed by atoms with E-state index < -0.39 is 10.0 Å². The number of nitrogens with zero attached hydrogens (tertiary/aromatic N) is 1. The molecule has 0 radical (unpaired) electrons. The van der Waals surface area contributed by atoms with E-state index in [1.165, 1.54) is 0 Å². The second kappa shape index (κ2) is 6.03. The second-order valence-corrected chi connectivity index (χ2v) is 7.18. The summed E-state index contributed by atoms with van der Waals surface area (Å²) in [5.74, 6) is 0. The summed E-state index contributed by atoms with van der Waals surface area (Å²) in [6.45, 7) is 8.94. The van der Waals surface area contributed by atoms with E-state index in [0.29, 0.717) is 18.0 Å². The third kappa shape index (κ3) is 3.54. The van der Waals surface area contributed by atoms with Crippen molar-refractivity contribution in [1.29, 1.82) is 0 Å². The van der Waals surface area contributed by atoms with Crippen LogP contribution >= 0.6 is 0 Å². The number of aryl methyl sites for hydroxylation is 4. The van der Waals surface area contributed by atoms with E-state index in [-0.39, 0.29) is 0 Å². The Labute approximate surface area is 126 Å². The van der Waals surface area contributed by atoms with E-state index >= 15 is 0 Å². The quantitative estimate of drug-likeness (QED) is 0.923. The normalized spacial score (nSPS) is 11.8. The molecule has 0 aliphatic carbocycles. The first-order valence-corrected chi connectivity index (χ1v) is 8.49. The van der Waals surface area contributed by atoms with E-state index in [1.807, 2.05) is 45.9 Å². The van der Waals surface area contributed by atoms with Crippen LogP contribution in [0.15, 0.2) is 35.2 Å². The topological polar surface area (TPSA) is 51.1 Å². The fourth-order valence-electron chi connectivity index (χ4n) is 2.31. The molecule has 114 valence electrons. The van der Waals surface area contributed by atoms with Gasteiger partial charge in [-0.2, -0.15) is 0 Å². The highest BCUT2D eigenvalue weighted by atomic mass is 32.2. The van der Waals surface area contributed by atoms with Gasteiger partial charge in [0.1, 0.15) is 0 Å². The predicted molar refractivity (Wildman–Crippen MR) is 85.0 cm³/mol. The fourth-order valence-corrected chi connectivity index (χ4v) is 3.41. The largest absolute Gasteiger partial charge is 0.348 e. The summed E-state index contributed by atoms with van der Waals surface area (Å²) in [5, 5.41) is 0. The Bertz CT molecular complexity index is 726.